The summed E-state index contributed by atoms with van der Waals surface area (Å²) in [4.78, 5) is 23.9. The highest BCUT2D eigenvalue weighted by molar-refractivity contribution is 5.85. The highest BCUT2D eigenvalue weighted by atomic mass is 16.6. The van der Waals surface area contributed by atoms with Crippen molar-refractivity contribution in [2.24, 2.45) is 5.10 Å². The average Bonchev–Trinajstić information content (AvgIpc) is 2.67. The number of nitrogens with zero attached hydrogens (tertiary/aromatic N) is 1. The van der Waals surface area contributed by atoms with E-state index in [4.69, 9.17) is 14.2 Å². The lowest BCUT2D eigenvalue weighted by Crippen LogP contribution is -2.27. The van der Waals surface area contributed by atoms with Gasteiger partial charge in [0.15, 0.2) is 12.7 Å². The highest BCUT2D eigenvalue weighted by Gasteiger charge is 2.19. The van der Waals surface area contributed by atoms with Gasteiger partial charge in [0.05, 0.1) is 6.21 Å². The first-order chi connectivity index (χ1) is 13.8. The Morgan fingerprint density at radius 2 is 1.72 bits per heavy atom. The van der Waals surface area contributed by atoms with Crippen molar-refractivity contribution in [3.05, 3.63) is 65.7 Å². The van der Waals surface area contributed by atoms with E-state index in [1.807, 2.05) is 30.3 Å². The van der Waals surface area contributed by atoms with Gasteiger partial charge in [-0.15, -0.1) is 0 Å². The average molecular weight is 398 g/mol. The van der Waals surface area contributed by atoms with E-state index < -0.39 is 17.7 Å². The molecule has 0 bridgehead atoms. The second kappa shape index (κ2) is 10.4. The third-order valence-electron chi connectivity index (χ3n) is 3.62. The van der Waals surface area contributed by atoms with Crippen molar-refractivity contribution in [1.82, 2.24) is 5.43 Å². The van der Waals surface area contributed by atoms with E-state index in [0.717, 1.165) is 11.1 Å². The van der Waals surface area contributed by atoms with Gasteiger partial charge in [0, 0.05) is 7.11 Å². The van der Waals surface area contributed by atoms with E-state index >= 15 is 0 Å². The zero-order valence-corrected chi connectivity index (χ0v) is 17.0. The maximum absolute atomic E-state index is 12.3. The molecule has 0 spiro atoms. The Labute approximate surface area is 170 Å². The van der Waals surface area contributed by atoms with Gasteiger partial charge in [-0.2, -0.15) is 5.10 Å². The molecule has 2 aromatic rings. The fourth-order valence-electron chi connectivity index (χ4n) is 2.41. The van der Waals surface area contributed by atoms with E-state index in [0.29, 0.717) is 5.75 Å². The van der Waals surface area contributed by atoms with Gasteiger partial charge in [0.25, 0.3) is 5.91 Å². The zero-order chi connectivity index (χ0) is 21.3. The molecule has 154 valence electrons. The van der Waals surface area contributed by atoms with Crippen LogP contribution in [-0.2, 0) is 19.1 Å². The minimum atomic E-state index is -0.739. The maximum Gasteiger partial charge on any atom is 0.344 e. The van der Waals surface area contributed by atoms with Gasteiger partial charge < -0.3 is 14.2 Å². The number of hydrazone groups is 1. The van der Waals surface area contributed by atoms with Crippen LogP contribution in [0.4, 0.5) is 0 Å². The molecule has 0 aliphatic rings. The molecule has 2 rings (SSSR count). The van der Waals surface area contributed by atoms with Gasteiger partial charge in [-0.25, -0.2) is 10.2 Å². The number of carbonyl (C=O) groups excluding carboxylic acids is 2. The quantitative estimate of drug-likeness (QED) is 0.419. The van der Waals surface area contributed by atoms with Crippen LogP contribution < -0.4 is 10.2 Å². The summed E-state index contributed by atoms with van der Waals surface area (Å²) in [5.41, 5.74) is 3.42. The smallest absolute Gasteiger partial charge is 0.344 e. The lowest BCUT2D eigenvalue weighted by atomic mass is 10.1. The number of ether oxygens (including phenoxy) is 3. The van der Waals surface area contributed by atoms with Gasteiger partial charge >= 0.3 is 5.97 Å². The van der Waals surface area contributed by atoms with Crippen LogP contribution >= 0.6 is 0 Å². The van der Waals surface area contributed by atoms with Crippen molar-refractivity contribution in [1.29, 1.82) is 0 Å². The molecule has 0 radical (unpaired) electrons. The monoisotopic (exact) mass is 398 g/mol. The van der Waals surface area contributed by atoms with Crippen molar-refractivity contribution in [2.75, 3.05) is 13.7 Å². The third-order valence-corrected chi connectivity index (χ3v) is 3.62. The van der Waals surface area contributed by atoms with Gasteiger partial charge in [-0.05, 0) is 56.2 Å². The molecule has 0 saturated heterocycles. The minimum absolute atomic E-state index is 0.168. The van der Waals surface area contributed by atoms with E-state index in [1.165, 1.54) is 13.3 Å². The molecule has 0 aliphatic heterocycles. The first kappa shape index (κ1) is 22.1. The summed E-state index contributed by atoms with van der Waals surface area (Å²) >= 11 is 0. The number of hydrogen-bond donors (Lipinski definition) is 1. The standard InChI is InChI=1S/C22H26N2O5/c1-22(2,3)29-19(25)15-28-18-12-10-16(11-13-18)14-23-24-21(26)20(27-4)17-8-6-5-7-9-17/h5-14,20H,15H2,1-4H3,(H,24,26)/b23-14-/t20-/m1/s1. The molecule has 0 aliphatic carbocycles. The lowest BCUT2D eigenvalue weighted by molar-refractivity contribution is -0.157. The molecule has 0 unspecified atom stereocenters. The third kappa shape index (κ3) is 7.75. The molecule has 1 amide bonds. The largest absolute Gasteiger partial charge is 0.482 e. The van der Waals surface area contributed by atoms with Crippen LogP contribution in [0.5, 0.6) is 5.75 Å². The Morgan fingerprint density at radius 1 is 1.07 bits per heavy atom. The normalized spacial score (nSPS) is 12.4. The molecule has 0 fully saturated rings. The summed E-state index contributed by atoms with van der Waals surface area (Å²) in [5, 5.41) is 3.96. The number of hydrogen-bond acceptors (Lipinski definition) is 6. The maximum atomic E-state index is 12.3. The predicted molar refractivity (Wildman–Crippen MR) is 110 cm³/mol. The number of rotatable bonds is 8. The number of nitrogens with one attached hydrogen (secondary N) is 1. The molecule has 1 atom stereocenters. The van der Waals surface area contributed by atoms with Gasteiger partial charge in [0.2, 0.25) is 0 Å². The fourth-order valence-corrected chi connectivity index (χ4v) is 2.41. The highest BCUT2D eigenvalue weighted by Crippen LogP contribution is 2.16. The Hall–Kier alpha value is -3.19. The summed E-state index contributed by atoms with van der Waals surface area (Å²) in [6, 6.07) is 16.1. The van der Waals surface area contributed by atoms with Crippen molar-refractivity contribution < 1.29 is 23.8 Å². The van der Waals surface area contributed by atoms with Crippen molar-refractivity contribution in [2.45, 2.75) is 32.5 Å². The van der Waals surface area contributed by atoms with Crippen LogP contribution in [0, 0.1) is 0 Å². The molecule has 2 aromatic carbocycles. The second-order valence-corrected chi connectivity index (χ2v) is 7.20. The first-order valence-corrected chi connectivity index (χ1v) is 9.14. The SMILES string of the molecule is CO[C@@H](C(=O)N/N=C\c1ccc(OCC(=O)OC(C)(C)C)cc1)c1ccccc1. The number of carbonyl (C=O) groups is 2. The van der Waals surface area contributed by atoms with E-state index in [2.05, 4.69) is 10.5 Å². The number of benzene rings is 2. The molecule has 29 heavy (non-hydrogen) atoms. The topological polar surface area (TPSA) is 86.2 Å². The molecule has 0 heterocycles. The molecular weight excluding hydrogens is 372 g/mol. The van der Waals surface area contributed by atoms with E-state index in [9.17, 15) is 9.59 Å². The summed E-state index contributed by atoms with van der Waals surface area (Å²) in [5.74, 6) is -0.273. The van der Waals surface area contributed by atoms with E-state index in [1.54, 1.807) is 45.0 Å². The summed E-state index contributed by atoms with van der Waals surface area (Å²) in [7, 11) is 1.47. The molecule has 1 N–H and O–H groups in total. The number of amides is 1. The Bertz CT molecular complexity index is 827. The van der Waals surface area contributed by atoms with Gasteiger partial charge in [-0.1, -0.05) is 30.3 Å². The minimum Gasteiger partial charge on any atom is -0.482 e. The molecule has 0 aromatic heterocycles. The first-order valence-electron chi connectivity index (χ1n) is 9.14. The fraction of sp³-hybridized carbons (Fsp3) is 0.318. The Kier molecular flexibility index (Phi) is 7.91. The molecule has 0 saturated carbocycles. The van der Waals surface area contributed by atoms with Crippen LogP contribution in [0.25, 0.3) is 0 Å². The van der Waals surface area contributed by atoms with Crippen LogP contribution in [-0.4, -0.2) is 37.4 Å². The van der Waals surface area contributed by atoms with E-state index in [-0.39, 0.29) is 12.5 Å². The van der Waals surface area contributed by atoms with Crippen LogP contribution in [0.15, 0.2) is 59.7 Å². The number of esters is 1. The lowest BCUT2D eigenvalue weighted by Gasteiger charge is -2.19. The summed E-state index contributed by atoms with van der Waals surface area (Å²) in [6.45, 7) is 5.23. The second-order valence-electron chi connectivity index (χ2n) is 7.20. The summed E-state index contributed by atoms with van der Waals surface area (Å²) in [6.07, 6.45) is 0.768. The zero-order valence-electron chi connectivity index (χ0n) is 17.0. The number of methoxy groups -OCH3 is 1. The molecule has 7 heteroatoms. The summed E-state index contributed by atoms with van der Waals surface area (Å²) < 4.78 is 15.8. The molecular formula is C22H26N2O5. The van der Waals surface area contributed by atoms with Crippen molar-refractivity contribution >= 4 is 18.1 Å². The van der Waals surface area contributed by atoms with Gasteiger partial charge in [0.1, 0.15) is 11.4 Å². The molecule has 7 nitrogen and oxygen atoms in total. The Balaban J connectivity index is 1.85. The predicted octanol–water partition coefficient (Wildman–Crippen LogP) is 3.24. The Morgan fingerprint density at radius 3 is 2.31 bits per heavy atom. The van der Waals surface area contributed by atoms with Crippen molar-refractivity contribution in [3.63, 3.8) is 0 Å². The van der Waals surface area contributed by atoms with Crippen LogP contribution in [0.2, 0.25) is 0 Å². The van der Waals surface area contributed by atoms with Crippen LogP contribution in [0.1, 0.15) is 38.0 Å². The van der Waals surface area contributed by atoms with Crippen LogP contribution in [0.3, 0.4) is 0 Å². The van der Waals surface area contributed by atoms with Crippen molar-refractivity contribution in [3.8, 4) is 5.75 Å². The van der Waals surface area contributed by atoms with Gasteiger partial charge in [-0.3, -0.25) is 4.79 Å².